The third kappa shape index (κ3) is 4.62. The van der Waals surface area contributed by atoms with E-state index in [1.807, 2.05) is 0 Å². The SMILES string of the molecule is Cn1ccc(NC(=O)c2cccc(Oc3ccc(S(C)(=O)=O)cc3)c2OC2CC2)n1. The van der Waals surface area contributed by atoms with E-state index in [2.05, 4.69) is 10.4 Å². The van der Waals surface area contributed by atoms with Crippen LogP contribution in [-0.4, -0.2) is 36.5 Å². The van der Waals surface area contributed by atoms with Gasteiger partial charge in [-0.1, -0.05) is 6.07 Å². The lowest BCUT2D eigenvalue weighted by Gasteiger charge is -2.16. The van der Waals surface area contributed by atoms with Crippen LogP contribution in [0.5, 0.6) is 17.2 Å². The highest BCUT2D eigenvalue weighted by Gasteiger charge is 2.28. The monoisotopic (exact) mass is 427 g/mol. The van der Waals surface area contributed by atoms with Gasteiger partial charge >= 0.3 is 0 Å². The van der Waals surface area contributed by atoms with Crippen molar-refractivity contribution in [3.63, 3.8) is 0 Å². The van der Waals surface area contributed by atoms with E-state index in [0.29, 0.717) is 28.6 Å². The Bertz CT molecular complexity index is 1180. The molecule has 2 aromatic carbocycles. The number of rotatable bonds is 7. The first kappa shape index (κ1) is 20.0. The van der Waals surface area contributed by atoms with Crippen LogP contribution in [0.3, 0.4) is 0 Å². The van der Waals surface area contributed by atoms with Crippen LogP contribution in [0.15, 0.2) is 59.6 Å². The number of amides is 1. The molecule has 1 N–H and O–H groups in total. The number of nitrogens with one attached hydrogen (secondary N) is 1. The highest BCUT2D eigenvalue weighted by atomic mass is 32.2. The molecule has 9 heteroatoms. The summed E-state index contributed by atoms with van der Waals surface area (Å²) in [6.07, 6.45) is 4.76. The van der Waals surface area contributed by atoms with Gasteiger partial charge in [-0.2, -0.15) is 5.10 Å². The Balaban J connectivity index is 1.62. The van der Waals surface area contributed by atoms with Crippen molar-refractivity contribution >= 4 is 21.6 Å². The zero-order valence-electron chi connectivity index (χ0n) is 16.5. The molecule has 1 amide bonds. The molecular weight excluding hydrogens is 406 g/mol. The summed E-state index contributed by atoms with van der Waals surface area (Å²) in [5, 5.41) is 6.92. The van der Waals surface area contributed by atoms with E-state index in [9.17, 15) is 13.2 Å². The Morgan fingerprint density at radius 1 is 1.13 bits per heavy atom. The molecule has 1 aliphatic carbocycles. The molecule has 1 saturated carbocycles. The van der Waals surface area contributed by atoms with Crippen LogP contribution in [0.2, 0.25) is 0 Å². The molecule has 0 aliphatic heterocycles. The highest BCUT2D eigenvalue weighted by molar-refractivity contribution is 7.90. The molecule has 1 aliphatic rings. The quantitative estimate of drug-likeness (QED) is 0.620. The Morgan fingerprint density at radius 3 is 2.47 bits per heavy atom. The minimum atomic E-state index is -3.30. The van der Waals surface area contributed by atoms with Crippen LogP contribution in [0.25, 0.3) is 0 Å². The van der Waals surface area contributed by atoms with E-state index < -0.39 is 9.84 Å². The summed E-state index contributed by atoms with van der Waals surface area (Å²) < 4.78 is 36.8. The summed E-state index contributed by atoms with van der Waals surface area (Å²) in [4.78, 5) is 13.0. The molecule has 0 unspecified atom stereocenters. The highest BCUT2D eigenvalue weighted by Crippen LogP contribution is 2.39. The van der Waals surface area contributed by atoms with E-state index in [1.54, 1.807) is 54.3 Å². The molecular formula is C21H21N3O5S. The van der Waals surface area contributed by atoms with Gasteiger partial charge in [0.15, 0.2) is 27.2 Å². The first-order valence-electron chi connectivity index (χ1n) is 9.38. The maximum atomic E-state index is 12.8. The first-order chi connectivity index (χ1) is 14.3. The van der Waals surface area contributed by atoms with Crippen molar-refractivity contribution in [2.45, 2.75) is 23.8 Å². The lowest BCUT2D eigenvalue weighted by molar-refractivity contribution is 0.102. The van der Waals surface area contributed by atoms with Gasteiger partial charge in [0.1, 0.15) is 5.75 Å². The Hall–Kier alpha value is -3.33. The number of aromatic nitrogens is 2. The zero-order valence-corrected chi connectivity index (χ0v) is 17.3. The maximum Gasteiger partial charge on any atom is 0.260 e. The van der Waals surface area contributed by atoms with Crippen LogP contribution in [-0.2, 0) is 16.9 Å². The summed E-state index contributed by atoms with van der Waals surface area (Å²) in [7, 11) is -1.53. The fraction of sp³-hybridized carbons (Fsp3) is 0.238. The third-order valence-electron chi connectivity index (χ3n) is 4.47. The first-order valence-corrected chi connectivity index (χ1v) is 11.3. The van der Waals surface area contributed by atoms with Gasteiger partial charge in [0.2, 0.25) is 0 Å². The molecule has 1 fully saturated rings. The van der Waals surface area contributed by atoms with Crippen molar-refractivity contribution in [2.75, 3.05) is 11.6 Å². The summed E-state index contributed by atoms with van der Waals surface area (Å²) in [5.74, 6) is 1.23. The molecule has 0 atom stereocenters. The predicted molar refractivity (Wildman–Crippen MR) is 111 cm³/mol. The molecule has 8 nitrogen and oxygen atoms in total. The number of carbonyl (C=O) groups excluding carboxylic acids is 1. The number of anilines is 1. The van der Waals surface area contributed by atoms with Crippen molar-refractivity contribution in [3.05, 3.63) is 60.3 Å². The van der Waals surface area contributed by atoms with E-state index >= 15 is 0 Å². The zero-order chi connectivity index (χ0) is 21.3. The minimum absolute atomic E-state index is 0.0451. The van der Waals surface area contributed by atoms with Gasteiger partial charge in [0, 0.05) is 25.6 Å². The predicted octanol–water partition coefficient (Wildman–Crippen LogP) is 3.41. The van der Waals surface area contributed by atoms with E-state index in [4.69, 9.17) is 9.47 Å². The van der Waals surface area contributed by atoms with Gasteiger partial charge in [0.05, 0.1) is 16.6 Å². The smallest absolute Gasteiger partial charge is 0.260 e. The fourth-order valence-electron chi connectivity index (χ4n) is 2.80. The maximum absolute atomic E-state index is 12.8. The van der Waals surface area contributed by atoms with Gasteiger partial charge in [0.25, 0.3) is 5.91 Å². The largest absolute Gasteiger partial charge is 0.486 e. The lowest BCUT2D eigenvalue weighted by atomic mass is 10.1. The minimum Gasteiger partial charge on any atom is -0.486 e. The molecule has 0 spiro atoms. The second-order valence-electron chi connectivity index (χ2n) is 7.12. The van der Waals surface area contributed by atoms with Crippen molar-refractivity contribution in [2.24, 2.45) is 7.05 Å². The number of nitrogens with zero attached hydrogens (tertiary/aromatic N) is 2. The molecule has 0 saturated heterocycles. The van der Waals surface area contributed by atoms with Crippen LogP contribution >= 0.6 is 0 Å². The van der Waals surface area contributed by atoms with Crippen LogP contribution in [0, 0.1) is 0 Å². The topological polar surface area (TPSA) is 99.5 Å². The normalized spacial score (nSPS) is 13.7. The number of hydrogen-bond donors (Lipinski definition) is 1. The molecule has 156 valence electrons. The molecule has 0 bridgehead atoms. The van der Waals surface area contributed by atoms with E-state index in [1.165, 1.54) is 12.1 Å². The van der Waals surface area contributed by atoms with Gasteiger partial charge in [-0.3, -0.25) is 9.48 Å². The number of aryl methyl sites for hydroxylation is 1. The number of benzene rings is 2. The number of hydrogen-bond acceptors (Lipinski definition) is 6. The molecule has 30 heavy (non-hydrogen) atoms. The molecule has 4 rings (SSSR count). The van der Waals surface area contributed by atoms with E-state index in [0.717, 1.165) is 19.1 Å². The van der Waals surface area contributed by atoms with Gasteiger partial charge in [-0.15, -0.1) is 0 Å². The second-order valence-corrected chi connectivity index (χ2v) is 9.14. The van der Waals surface area contributed by atoms with Gasteiger partial charge in [-0.05, 0) is 49.2 Å². The number of para-hydroxylation sites is 1. The van der Waals surface area contributed by atoms with Gasteiger partial charge in [-0.25, -0.2) is 8.42 Å². The number of sulfone groups is 1. The van der Waals surface area contributed by atoms with Crippen LogP contribution in [0.4, 0.5) is 5.82 Å². The Morgan fingerprint density at radius 2 is 1.87 bits per heavy atom. The molecule has 3 aromatic rings. The molecule has 1 aromatic heterocycles. The summed E-state index contributed by atoms with van der Waals surface area (Å²) in [5.41, 5.74) is 0.331. The molecule has 0 radical (unpaired) electrons. The average Bonchev–Trinajstić information content (AvgIpc) is 3.42. The lowest BCUT2D eigenvalue weighted by Crippen LogP contribution is -2.15. The van der Waals surface area contributed by atoms with E-state index in [-0.39, 0.29) is 16.9 Å². The summed E-state index contributed by atoms with van der Waals surface area (Å²) in [6, 6.07) is 12.9. The fourth-order valence-corrected chi connectivity index (χ4v) is 3.43. The standard InChI is InChI=1S/C21H21N3O5S/c1-24-13-12-19(23-24)22-21(25)17-4-3-5-18(20(17)29-15-6-7-15)28-14-8-10-16(11-9-14)30(2,26)27/h3-5,8-13,15H,6-7H2,1-2H3,(H,22,23,25). The average molecular weight is 427 g/mol. The Labute approximate surface area is 174 Å². The van der Waals surface area contributed by atoms with Crippen LogP contribution < -0.4 is 14.8 Å². The van der Waals surface area contributed by atoms with Crippen molar-refractivity contribution in [1.82, 2.24) is 9.78 Å². The van der Waals surface area contributed by atoms with Gasteiger partial charge < -0.3 is 14.8 Å². The van der Waals surface area contributed by atoms with Crippen LogP contribution in [0.1, 0.15) is 23.2 Å². The summed E-state index contributed by atoms with van der Waals surface area (Å²) in [6.45, 7) is 0. The Kier molecular flexibility index (Phi) is 5.21. The van der Waals surface area contributed by atoms with Crippen molar-refractivity contribution in [1.29, 1.82) is 0 Å². The number of carbonyl (C=O) groups is 1. The summed E-state index contributed by atoms with van der Waals surface area (Å²) >= 11 is 0. The number of ether oxygens (including phenoxy) is 2. The molecule has 1 heterocycles. The van der Waals surface area contributed by atoms with Crippen molar-refractivity contribution in [3.8, 4) is 17.2 Å². The third-order valence-corrected chi connectivity index (χ3v) is 5.60. The second kappa shape index (κ2) is 7.83. The van der Waals surface area contributed by atoms with Crippen molar-refractivity contribution < 1.29 is 22.7 Å².